The van der Waals surface area contributed by atoms with Crippen LogP contribution in [0.15, 0.2) is 30.5 Å². The summed E-state index contributed by atoms with van der Waals surface area (Å²) in [6.07, 6.45) is 2.37. The SMILES string of the molecule is COCCNC(=O)C1(F)CCCN(C(=O)c2ccc3[nH]ccc3c2)C1. The molecule has 0 aliphatic carbocycles. The van der Waals surface area contributed by atoms with Gasteiger partial charge in [-0.15, -0.1) is 0 Å². The van der Waals surface area contributed by atoms with E-state index in [-0.39, 0.29) is 25.4 Å². The number of carbonyl (C=O) groups excluding carboxylic acids is 2. The molecule has 2 aromatic rings. The third-order valence-electron chi connectivity index (χ3n) is 4.53. The van der Waals surface area contributed by atoms with E-state index in [9.17, 15) is 9.59 Å². The molecule has 2 heterocycles. The number of hydrogen-bond acceptors (Lipinski definition) is 3. The van der Waals surface area contributed by atoms with Gasteiger partial charge in [-0.25, -0.2) is 4.39 Å². The van der Waals surface area contributed by atoms with Crippen molar-refractivity contribution in [1.29, 1.82) is 0 Å². The molecule has 1 unspecified atom stereocenters. The number of alkyl halides is 1. The second-order valence-electron chi connectivity index (χ2n) is 6.32. The quantitative estimate of drug-likeness (QED) is 0.811. The number of aromatic amines is 1. The Balaban J connectivity index is 1.71. The number of benzene rings is 1. The van der Waals surface area contributed by atoms with E-state index in [0.717, 1.165) is 10.9 Å². The van der Waals surface area contributed by atoms with E-state index < -0.39 is 11.6 Å². The van der Waals surface area contributed by atoms with Crippen LogP contribution < -0.4 is 5.32 Å². The summed E-state index contributed by atoms with van der Waals surface area (Å²) < 4.78 is 19.9. The van der Waals surface area contributed by atoms with E-state index in [1.165, 1.54) is 12.0 Å². The van der Waals surface area contributed by atoms with Crippen molar-refractivity contribution in [2.75, 3.05) is 33.4 Å². The zero-order chi connectivity index (χ0) is 17.9. The maximum atomic E-state index is 15.1. The summed E-state index contributed by atoms with van der Waals surface area (Å²) in [6, 6.07) is 7.20. The van der Waals surface area contributed by atoms with Crippen LogP contribution >= 0.6 is 0 Å². The van der Waals surface area contributed by atoms with Crippen molar-refractivity contribution < 1.29 is 18.7 Å². The molecule has 1 fully saturated rings. The number of ether oxygens (including phenoxy) is 1. The van der Waals surface area contributed by atoms with E-state index in [4.69, 9.17) is 4.74 Å². The minimum absolute atomic E-state index is 0.118. The molecule has 1 atom stereocenters. The molecule has 134 valence electrons. The van der Waals surface area contributed by atoms with Gasteiger partial charge in [0.1, 0.15) is 0 Å². The molecule has 1 aliphatic rings. The highest BCUT2D eigenvalue weighted by molar-refractivity contribution is 5.98. The van der Waals surface area contributed by atoms with Crippen LogP contribution in [0, 0.1) is 0 Å². The Labute approximate surface area is 145 Å². The summed E-state index contributed by atoms with van der Waals surface area (Å²) in [4.78, 5) is 29.4. The van der Waals surface area contributed by atoms with Crippen molar-refractivity contribution >= 4 is 22.7 Å². The van der Waals surface area contributed by atoms with Crippen molar-refractivity contribution in [3.8, 4) is 0 Å². The van der Waals surface area contributed by atoms with Crippen molar-refractivity contribution in [3.05, 3.63) is 36.0 Å². The highest BCUT2D eigenvalue weighted by Crippen LogP contribution is 2.27. The Hall–Kier alpha value is -2.41. The van der Waals surface area contributed by atoms with Gasteiger partial charge in [-0.1, -0.05) is 0 Å². The van der Waals surface area contributed by atoms with Crippen LogP contribution in [0.2, 0.25) is 0 Å². The van der Waals surface area contributed by atoms with Crippen molar-refractivity contribution in [1.82, 2.24) is 15.2 Å². The molecule has 1 saturated heterocycles. The first-order valence-electron chi connectivity index (χ1n) is 8.36. The molecule has 2 amide bonds. The summed E-state index contributed by atoms with van der Waals surface area (Å²) in [5.41, 5.74) is -0.622. The maximum absolute atomic E-state index is 15.1. The molecule has 3 rings (SSSR count). The van der Waals surface area contributed by atoms with Crippen LogP contribution in [-0.2, 0) is 9.53 Å². The monoisotopic (exact) mass is 347 g/mol. The highest BCUT2D eigenvalue weighted by Gasteiger charge is 2.43. The Kier molecular flexibility index (Phi) is 5.03. The number of nitrogens with zero attached hydrogens (tertiary/aromatic N) is 1. The molecular formula is C18H22FN3O3. The molecule has 1 aromatic carbocycles. The van der Waals surface area contributed by atoms with Gasteiger partial charge >= 0.3 is 0 Å². The molecule has 0 bridgehead atoms. The molecule has 1 aromatic heterocycles. The molecule has 0 saturated carbocycles. The molecule has 7 heteroatoms. The smallest absolute Gasteiger partial charge is 0.259 e. The Morgan fingerprint density at radius 2 is 2.24 bits per heavy atom. The maximum Gasteiger partial charge on any atom is 0.259 e. The summed E-state index contributed by atoms with van der Waals surface area (Å²) in [6.45, 7) is 0.789. The third-order valence-corrected chi connectivity index (χ3v) is 4.53. The molecular weight excluding hydrogens is 325 g/mol. The number of halogens is 1. The summed E-state index contributed by atoms with van der Waals surface area (Å²) in [5, 5.41) is 3.46. The van der Waals surface area contributed by atoms with Gasteiger partial charge in [0.2, 0.25) is 5.67 Å². The zero-order valence-corrected chi connectivity index (χ0v) is 14.2. The predicted octanol–water partition coefficient (Wildman–Crippen LogP) is 1.87. The van der Waals surface area contributed by atoms with Crippen LogP contribution in [0.25, 0.3) is 10.9 Å². The number of carbonyl (C=O) groups is 2. The van der Waals surface area contributed by atoms with Crippen LogP contribution in [0.4, 0.5) is 4.39 Å². The lowest BCUT2D eigenvalue weighted by Gasteiger charge is -2.36. The molecule has 25 heavy (non-hydrogen) atoms. The van der Waals surface area contributed by atoms with E-state index in [1.807, 2.05) is 12.1 Å². The van der Waals surface area contributed by atoms with Gasteiger partial charge in [-0.2, -0.15) is 0 Å². The largest absolute Gasteiger partial charge is 0.383 e. The van der Waals surface area contributed by atoms with E-state index >= 15 is 4.39 Å². The molecule has 6 nitrogen and oxygen atoms in total. The lowest BCUT2D eigenvalue weighted by atomic mass is 9.93. The Bertz CT molecular complexity index is 776. The van der Waals surface area contributed by atoms with Gasteiger partial charge in [0, 0.05) is 42.9 Å². The standard InChI is InChI=1S/C18H22FN3O3/c1-25-10-8-21-17(24)18(19)6-2-9-22(12-18)16(23)14-3-4-15-13(11-14)5-7-20-15/h3-5,7,11,20H,2,6,8-10,12H2,1H3,(H,21,24). The van der Waals surface area contributed by atoms with Gasteiger partial charge < -0.3 is 19.9 Å². The fourth-order valence-corrected chi connectivity index (χ4v) is 3.16. The second-order valence-corrected chi connectivity index (χ2v) is 6.32. The minimum Gasteiger partial charge on any atom is -0.383 e. The Morgan fingerprint density at radius 1 is 1.40 bits per heavy atom. The topological polar surface area (TPSA) is 74.4 Å². The van der Waals surface area contributed by atoms with Crippen molar-refractivity contribution in [2.45, 2.75) is 18.5 Å². The van der Waals surface area contributed by atoms with Gasteiger partial charge in [0.05, 0.1) is 13.2 Å². The molecule has 1 aliphatic heterocycles. The summed E-state index contributed by atoms with van der Waals surface area (Å²) in [7, 11) is 1.51. The minimum atomic E-state index is -2.06. The normalized spacial score (nSPS) is 20.6. The lowest BCUT2D eigenvalue weighted by molar-refractivity contribution is -0.136. The van der Waals surface area contributed by atoms with Crippen molar-refractivity contribution in [3.63, 3.8) is 0 Å². The second kappa shape index (κ2) is 7.23. The number of amides is 2. The van der Waals surface area contributed by atoms with Gasteiger partial charge in [0.25, 0.3) is 11.8 Å². The predicted molar refractivity (Wildman–Crippen MR) is 92.2 cm³/mol. The van der Waals surface area contributed by atoms with E-state index in [2.05, 4.69) is 10.3 Å². The van der Waals surface area contributed by atoms with Crippen LogP contribution in [0.3, 0.4) is 0 Å². The fourth-order valence-electron chi connectivity index (χ4n) is 3.16. The average molecular weight is 347 g/mol. The van der Waals surface area contributed by atoms with Crippen LogP contribution in [-0.4, -0.2) is 60.7 Å². The van der Waals surface area contributed by atoms with Crippen LogP contribution in [0.1, 0.15) is 23.2 Å². The van der Waals surface area contributed by atoms with Crippen molar-refractivity contribution in [2.24, 2.45) is 0 Å². The van der Waals surface area contributed by atoms with E-state index in [0.29, 0.717) is 25.1 Å². The number of rotatable bonds is 5. The summed E-state index contributed by atoms with van der Waals surface area (Å²) >= 11 is 0. The highest BCUT2D eigenvalue weighted by atomic mass is 19.1. The summed E-state index contributed by atoms with van der Waals surface area (Å²) in [5.74, 6) is -0.933. The molecule has 2 N–H and O–H groups in total. The molecule has 0 radical (unpaired) electrons. The molecule has 0 spiro atoms. The first-order chi connectivity index (χ1) is 12.0. The van der Waals surface area contributed by atoms with Crippen LogP contribution in [0.5, 0.6) is 0 Å². The fraction of sp³-hybridized carbons (Fsp3) is 0.444. The first-order valence-corrected chi connectivity index (χ1v) is 8.36. The first kappa shape index (κ1) is 17.4. The number of aromatic nitrogens is 1. The number of methoxy groups -OCH3 is 1. The number of fused-ring (bicyclic) bond motifs is 1. The average Bonchev–Trinajstić information content (AvgIpc) is 3.09. The lowest BCUT2D eigenvalue weighted by Crippen LogP contribution is -2.56. The van der Waals surface area contributed by atoms with Gasteiger partial charge in [0.15, 0.2) is 0 Å². The number of piperidine rings is 1. The number of nitrogens with one attached hydrogen (secondary N) is 2. The zero-order valence-electron chi connectivity index (χ0n) is 14.2. The number of likely N-dealkylation sites (tertiary alicyclic amines) is 1. The number of hydrogen-bond donors (Lipinski definition) is 2. The van der Waals surface area contributed by atoms with Gasteiger partial charge in [-0.05, 0) is 37.1 Å². The number of H-pyrrole nitrogens is 1. The third kappa shape index (κ3) is 3.66. The Morgan fingerprint density at radius 3 is 3.04 bits per heavy atom. The van der Waals surface area contributed by atoms with Gasteiger partial charge in [-0.3, -0.25) is 9.59 Å². The van der Waals surface area contributed by atoms with E-state index in [1.54, 1.807) is 18.3 Å².